The van der Waals surface area contributed by atoms with Gasteiger partial charge in [-0.05, 0) is 36.4 Å². The molecule has 4 aromatic rings. The van der Waals surface area contributed by atoms with E-state index in [0.717, 1.165) is 0 Å². The number of carbonyl (C=O) groups excluding carboxylic acids is 2. The number of hydrogen-bond acceptors (Lipinski definition) is 6. The third kappa shape index (κ3) is 3.86. The Morgan fingerprint density at radius 2 is 1.71 bits per heavy atom. The number of hydrogen-bond donors (Lipinski definition) is 1. The summed E-state index contributed by atoms with van der Waals surface area (Å²) in [4.78, 5) is 36.2. The van der Waals surface area contributed by atoms with E-state index in [4.69, 9.17) is 9.15 Å². The zero-order chi connectivity index (χ0) is 22.0. The largest absolute Gasteiger partial charge is 0.497 e. The number of fused-ring (bicyclic) bond motifs is 1. The molecule has 0 bridgehead atoms. The zero-order valence-corrected chi connectivity index (χ0v) is 16.3. The second kappa shape index (κ2) is 8.11. The van der Waals surface area contributed by atoms with Gasteiger partial charge in [-0.2, -0.15) is 0 Å². The number of nitrogens with zero attached hydrogens (tertiary/aromatic N) is 1. The summed E-state index contributed by atoms with van der Waals surface area (Å²) in [5.41, 5.74) is 1.08. The molecule has 0 saturated carbocycles. The molecule has 1 aromatic heterocycles. The fourth-order valence-electron chi connectivity index (χ4n) is 3.15. The Morgan fingerprint density at radius 3 is 2.42 bits per heavy atom. The quantitative estimate of drug-likeness (QED) is 0.274. The monoisotopic (exact) mass is 416 g/mol. The van der Waals surface area contributed by atoms with Crippen LogP contribution in [0.15, 0.2) is 77.2 Å². The summed E-state index contributed by atoms with van der Waals surface area (Å²) in [6.45, 7) is 0. The van der Waals surface area contributed by atoms with Crippen LogP contribution in [0.2, 0.25) is 0 Å². The maximum Gasteiger partial charge on any atom is 0.269 e. The Bertz CT molecular complexity index is 1310. The van der Waals surface area contributed by atoms with Crippen molar-refractivity contribution in [1.82, 2.24) is 0 Å². The maximum absolute atomic E-state index is 13.2. The number of anilines is 1. The molecule has 8 heteroatoms. The van der Waals surface area contributed by atoms with E-state index in [1.54, 1.807) is 48.5 Å². The van der Waals surface area contributed by atoms with Crippen LogP contribution in [-0.4, -0.2) is 23.7 Å². The predicted octanol–water partition coefficient (Wildman–Crippen LogP) is 4.83. The number of nitrogens with one attached hydrogen (secondary N) is 1. The number of furan rings is 1. The molecule has 4 rings (SSSR count). The smallest absolute Gasteiger partial charge is 0.269 e. The Hall–Kier alpha value is -4.46. The number of nitro benzene ring substituents is 1. The molecular formula is C23H16N2O6. The molecule has 154 valence electrons. The van der Waals surface area contributed by atoms with Crippen LogP contribution in [0.4, 0.5) is 11.4 Å². The fourth-order valence-corrected chi connectivity index (χ4v) is 3.15. The van der Waals surface area contributed by atoms with Gasteiger partial charge in [-0.3, -0.25) is 19.7 Å². The molecular weight excluding hydrogens is 400 g/mol. The number of benzene rings is 3. The van der Waals surface area contributed by atoms with Crippen LogP contribution in [0.5, 0.6) is 5.75 Å². The molecule has 0 spiro atoms. The lowest BCUT2D eigenvalue weighted by Gasteiger charge is -2.07. The summed E-state index contributed by atoms with van der Waals surface area (Å²) >= 11 is 0. The van der Waals surface area contributed by atoms with Crippen molar-refractivity contribution in [2.24, 2.45) is 0 Å². The average Bonchev–Trinajstić information content (AvgIpc) is 3.17. The first-order chi connectivity index (χ1) is 15.0. The van der Waals surface area contributed by atoms with Gasteiger partial charge < -0.3 is 14.5 Å². The Morgan fingerprint density at radius 1 is 0.968 bits per heavy atom. The van der Waals surface area contributed by atoms with E-state index in [-0.39, 0.29) is 22.7 Å². The summed E-state index contributed by atoms with van der Waals surface area (Å²) in [5, 5.41) is 14.1. The molecule has 3 aromatic carbocycles. The van der Waals surface area contributed by atoms with Gasteiger partial charge >= 0.3 is 0 Å². The van der Waals surface area contributed by atoms with Crippen LogP contribution in [-0.2, 0) is 0 Å². The second-order valence-electron chi connectivity index (χ2n) is 6.62. The molecule has 0 aliphatic heterocycles. The Balaban J connectivity index is 1.73. The van der Waals surface area contributed by atoms with E-state index in [0.29, 0.717) is 22.3 Å². The lowest BCUT2D eigenvalue weighted by molar-refractivity contribution is -0.384. The van der Waals surface area contributed by atoms with Gasteiger partial charge in [-0.15, -0.1) is 0 Å². The van der Waals surface area contributed by atoms with Crippen LogP contribution >= 0.6 is 0 Å². The number of rotatable bonds is 6. The van der Waals surface area contributed by atoms with Crippen LogP contribution in [0.3, 0.4) is 0 Å². The SMILES string of the molecule is COc1cccc(C(=O)c2oc3ccccc3c2NC(=O)c2ccc([N+](=O)[O-])cc2)c1. The van der Waals surface area contributed by atoms with Gasteiger partial charge in [0.2, 0.25) is 5.78 Å². The number of para-hydroxylation sites is 1. The van der Waals surface area contributed by atoms with E-state index in [9.17, 15) is 19.7 Å². The summed E-state index contributed by atoms with van der Waals surface area (Å²) in [6.07, 6.45) is 0. The minimum absolute atomic E-state index is 0.0234. The molecule has 1 amide bonds. The van der Waals surface area contributed by atoms with Crippen molar-refractivity contribution in [3.8, 4) is 5.75 Å². The third-order valence-corrected chi connectivity index (χ3v) is 4.71. The summed E-state index contributed by atoms with van der Waals surface area (Å²) in [7, 11) is 1.50. The van der Waals surface area contributed by atoms with Crippen LogP contribution in [0.1, 0.15) is 26.5 Å². The van der Waals surface area contributed by atoms with E-state index in [1.807, 2.05) is 0 Å². The highest BCUT2D eigenvalue weighted by Gasteiger charge is 2.24. The molecule has 8 nitrogen and oxygen atoms in total. The highest BCUT2D eigenvalue weighted by molar-refractivity contribution is 6.19. The normalized spacial score (nSPS) is 10.6. The number of ketones is 1. The van der Waals surface area contributed by atoms with Crippen molar-refractivity contribution in [2.45, 2.75) is 0 Å². The molecule has 31 heavy (non-hydrogen) atoms. The first kappa shape index (κ1) is 19.8. The highest BCUT2D eigenvalue weighted by atomic mass is 16.6. The van der Waals surface area contributed by atoms with Crippen molar-refractivity contribution < 1.29 is 23.7 Å². The molecule has 0 saturated heterocycles. The van der Waals surface area contributed by atoms with Gasteiger partial charge in [0.25, 0.3) is 11.6 Å². The van der Waals surface area contributed by atoms with Crippen molar-refractivity contribution >= 4 is 34.0 Å². The van der Waals surface area contributed by atoms with Crippen LogP contribution in [0.25, 0.3) is 11.0 Å². The zero-order valence-electron chi connectivity index (χ0n) is 16.3. The number of non-ortho nitro benzene ring substituents is 1. The Kier molecular flexibility index (Phi) is 5.19. The molecule has 0 atom stereocenters. The van der Waals surface area contributed by atoms with Crippen LogP contribution < -0.4 is 10.1 Å². The number of methoxy groups -OCH3 is 1. The van der Waals surface area contributed by atoms with Gasteiger partial charge in [0.15, 0.2) is 5.76 Å². The van der Waals surface area contributed by atoms with Gasteiger partial charge in [0.1, 0.15) is 11.3 Å². The molecule has 0 fully saturated rings. The Labute approximate surface area is 176 Å². The molecule has 1 heterocycles. The first-order valence-corrected chi connectivity index (χ1v) is 9.24. The van der Waals surface area contributed by atoms with Gasteiger partial charge in [0.05, 0.1) is 17.7 Å². The maximum atomic E-state index is 13.2. The lowest BCUT2D eigenvalue weighted by Crippen LogP contribution is -2.14. The van der Waals surface area contributed by atoms with Gasteiger partial charge in [-0.25, -0.2) is 0 Å². The number of ether oxygens (including phenoxy) is 1. The summed E-state index contributed by atoms with van der Waals surface area (Å²) < 4.78 is 11.0. The number of amides is 1. The average molecular weight is 416 g/mol. The molecule has 0 unspecified atom stereocenters. The first-order valence-electron chi connectivity index (χ1n) is 9.24. The number of carbonyl (C=O) groups is 2. The highest BCUT2D eigenvalue weighted by Crippen LogP contribution is 2.33. The summed E-state index contributed by atoms with van der Waals surface area (Å²) in [5.74, 6) is -0.460. The van der Waals surface area contributed by atoms with Gasteiger partial charge in [-0.1, -0.05) is 24.3 Å². The minimum atomic E-state index is -0.545. The van der Waals surface area contributed by atoms with Crippen molar-refractivity contribution in [2.75, 3.05) is 12.4 Å². The molecule has 0 aliphatic rings. The van der Waals surface area contributed by atoms with E-state index in [2.05, 4.69) is 5.32 Å². The van der Waals surface area contributed by atoms with E-state index in [1.165, 1.54) is 31.4 Å². The molecule has 0 aliphatic carbocycles. The summed E-state index contributed by atoms with van der Waals surface area (Å²) in [6, 6.07) is 18.7. The van der Waals surface area contributed by atoms with E-state index >= 15 is 0 Å². The molecule has 1 N–H and O–H groups in total. The van der Waals surface area contributed by atoms with Crippen LogP contribution in [0, 0.1) is 10.1 Å². The van der Waals surface area contributed by atoms with Crippen molar-refractivity contribution in [3.05, 3.63) is 99.8 Å². The third-order valence-electron chi connectivity index (χ3n) is 4.71. The number of nitro groups is 1. The predicted molar refractivity (Wildman–Crippen MR) is 114 cm³/mol. The minimum Gasteiger partial charge on any atom is -0.497 e. The topological polar surface area (TPSA) is 112 Å². The van der Waals surface area contributed by atoms with Crippen molar-refractivity contribution in [3.63, 3.8) is 0 Å². The fraction of sp³-hybridized carbons (Fsp3) is 0.0435. The second-order valence-corrected chi connectivity index (χ2v) is 6.62. The van der Waals surface area contributed by atoms with E-state index < -0.39 is 16.6 Å². The molecule has 0 radical (unpaired) electrons. The standard InChI is InChI=1S/C23H16N2O6/c1-30-17-6-4-5-15(13-17)21(26)22-20(18-7-2-3-8-19(18)31-22)24-23(27)14-9-11-16(12-10-14)25(28)29/h2-13H,1H3,(H,24,27). The van der Waals surface area contributed by atoms with Crippen molar-refractivity contribution in [1.29, 1.82) is 0 Å². The van der Waals surface area contributed by atoms with Gasteiger partial charge in [0, 0.05) is 28.6 Å². The lowest BCUT2D eigenvalue weighted by atomic mass is 10.1.